The van der Waals surface area contributed by atoms with Crippen molar-refractivity contribution >= 4 is 34.6 Å². The number of halogens is 2. The predicted octanol–water partition coefficient (Wildman–Crippen LogP) is 3.68. The van der Waals surface area contributed by atoms with Crippen LogP contribution in [0, 0.1) is 18.6 Å². The molecule has 0 atom stereocenters. The summed E-state index contributed by atoms with van der Waals surface area (Å²) in [4.78, 5) is 37.2. The average molecular weight is 380 g/mol. The number of amides is 2. The summed E-state index contributed by atoms with van der Waals surface area (Å²) < 4.78 is 26.2. The van der Waals surface area contributed by atoms with Crippen LogP contribution in [-0.2, 0) is 4.79 Å². The molecule has 0 unspecified atom stereocenters. The highest BCUT2D eigenvalue weighted by atomic mass is 32.1. The van der Waals surface area contributed by atoms with Gasteiger partial charge in [-0.3, -0.25) is 14.4 Å². The lowest BCUT2D eigenvalue weighted by atomic mass is 10.1. The van der Waals surface area contributed by atoms with Crippen LogP contribution in [0.1, 0.15) is 45.7 Å². The van der Waals surface area contributed by atoms with Crippen LogP contribution in [0.4, 0.5) is 14.5 Å². The smallest absolute Gasteiger partial charge is 0.293 e. The first-order valence-electron chi connectivity index (χ1n) is 7.71. The van der Waals surface area contributed by atoms with Crippen molar-refractivity contribution in [1.29, 1.82) is 0 Å². The Hall–Kier alpha value is -2.61. The zero-order chi connectivity index (χ0) is 19.6. The number of hydrogen-bond acceptors (Lipinski definition) is 4. The molecule has 1 aromatic heterocycles. The van der Waals surface area contributed by atoms with Gasteiger partial charge in [-0.25, -0.2) is 8.78 Å². The molecule has 8 heteroatoms. The van der Waals surface area contributed by atoms with Crippen molar-refractivity contribution in [2.24, 2.45) is 0 Å². The third kappa shape index (κ3) is 4.72. The Labute approximate surface area is 153 Å². The van der Waals surface area contributed by atoms with Gasteiger partial charge >= 0.3 is 0 Å². The fourth-order valence-corrected chi connectivity index (χ4v) is 3.05. The monoisotopic (exact) mass is 380 g/mol. The van der Waals surface area contributed by atoms with Crippen molar-refractivity contribution in [3.63, 3.8) is 0 Å². The quantitative estimate of drug-likeness (QED) is 0.628. The highest BCUT2D eigenvalue weighted by Gasteiger charge is 2.25. The fourth-order valence-electron chi connectivity index (χ4n) is 2.10. The van der Waals surface area contributed by atoms with Crippen LogP contribution >= 0.6 is 11.3 Å². The number of carbonyl (C=O) groups excluding carboxylic acids is 3. The number of anilines is 1. The largest absolute Gasteiger partial charge is 0.345 e. The molecular weight excluding hydrogens is 362 g/mol. The highest BCUT2D eigenvalue weighted by molar-refractivity contribution is 7.15. The maximum Gasteiger partial charge on any atom is 0.293 e. The van der Waals surface area contributed by atoms with E-state index in [9.17, 15) is 23.2 Å². The summed E-state index contributed by atoms with van der Waals surface area (Å²) in [5, 5.41) is 5.00. The van der Waals surface area contributed by atoms with Crippen molar-refractivity contribution in [2.75, 3.05) is 5.32 Å². The zero-order valence-electron chi connectivity index (χ0n) is 14.7. The molecule has 2 amide bonds. The summed E-state index contributed by atoms with van der Waals surface area (Å²) in [5.74, 6) is -4.18. The normalized spacial score (nSPS) is 11.2. The van der Waals surface area contributed by atoms with Gasteiger partial charge in [0.05, 0.1) is 10.4 Å². The van der Waals surface area contributed by atoms with E-state index >= 15 is 0 Å². The fraction of sp³-hybridized carbons (Fsp3) is 0.278. The van der Waals surface area contributed by atoms with E-state index in [0.29, 0.717) is 4.88 Å². The number of thiophene rings is 1. The molecule has 2 rings (SSSR count). The Morgan fingerprint density at radius 3 is 2.27 bits per heavy atom. The second-order valence-corrected chi connectivity index (χ2v) is 7.95. The Balaban J connectivity index is 2.18. The van der Waals surface area contributed by atoms with Crippen LogP contribution in [0.5, 0.6) is 0 Å². The second-order valence-electron chi connectivity index (χ2n) is 6.70. The van der Waals surface area contributed by atoms with Gasteiger partial charge in [-0.05, 0) is 45.9 Å². The van der Waals surface area contributed by atoms with E-state index in [1.165, 1.54) is 12.1 Å². The molecule has 138 valence electrons. The molecule has 0 aliphatic carbocycles. The molecule has 0 radical (unpaired) electrons. The summed E-state index contributed by atoms with van der Waals surface area (Å²) in [6.45, 7) is 6.87. The van der Waals surface area contributed by atoms with E-state index in [2.05, 4.69) is 10.6 Å². The molecule has 0 fully saturated rings. The van der Waals surface area contributed by atoms with Crippen LogP contribution in [0.3, 0.4) is 0 Å². The van der Waals surface area contributed by atoms with Crippen molar-refractivity contribution in [1.82, 2.24) is 5.32 Å². The van der Waals surface area contributed by atoms with Crippen LogP contribution in [0.2, 0.25) is 0 Å². The number of rotatable bonds is 4. The van der Waals surface area contributed by atoms with Crippen molar-refractivity contribution in [3.8, 4) is 0 Å². The van der Waals surface area contributed by atoms with Crippen LogP contribution in [0.25, 0.3) is 0 Å². The number of Topliss-reactive ketones (excluding diaryl/α,β-unsaturated/α-hetero) is 1. The van der Waals surface area contributed by atoms with Gasteiger partial charge in [0.1, 0.15) is 0 Å². The maximum atomic E-state index is 13.2. The lowest BCUT2D eigenvalue weighted by molar-refractivity contribution is -0.118. The zero-order valence-corrected chi connectivity index (χ0v) is 15.5. The molecule has 5 nitrogen and oxygen atoms in total. The molecular formula is C18H18F2N2O3S. The van der Waals surface area contributed by atoms with Crippen LogP contribution in [0.15, 0.2) is 24.3 Å². The standard InChI is InChI=1S/C18H18F2N2O3S/c1-9-11(16(24)21-10-5-6-12(19)13(20)7-10)8-14(26-9)15(23)17(25)22-18(2,3)4/h5-8H,1-4H3,(H,21,24)(H,22,25). The Morgan fingerprint density at radius 1 is 1.04 bits per heavy atom. The lowest BCUT2D eigenvalue weighted by Gasteiger charge is -2.19. The molecule has 2 aromatic rings. The maximum absolute atomic E-state index is 13.2. The Bertz CT molecular complexity index is 885. The lowest BCUT2D eigenvalue weighted by Crippen LogP contribution is -2.44. The SMILES string of the molecule is Cc1sc(C(=O)C(=O)NC(C)(C)C)cc1C(=O)Nc1ccc(F)c(F)c1. The van der Waals surface area contributed by atoms with Crippen LogP contribution < -0.4 is 10.6 Å². The number of carbonyl (C=O) groups is 3. The minimum absolute atomic E-state index is 0.0813. The molecule has 0 aliphatic rings. The topological polar surface area (TPSA) is 75.3 Å². The molecule has 0 saturated carbocycles. The first kappa shape index (κ1) is 19.7. The summed E-state index contributed by atoms with van der Waals surface area (Å²) in [7, 11) is 0. The molecule has 0 bridgehead atoms. The predicted molar refractivity (Wildman–Crippen MR) is 95.6 cm³/mol. The average Bonchev–Trinajstić information content (AvgIpc) is 2.90. The molecule has 1 heterocycles. The van der Waals surface area contributed by atoms with E-state index in [0.717, 1.165) is 23.5 Å². The number of ketones is 1. The molecule has 0 saturated heterocycles. The van der Waals surface area contributed by atoms with E-state index in [1.807, 2.05) is 0 Å². The number of aryl methyl sites for hydroxylation is 1. The number of nitrogens with one attached hydrogen (secondary N) is 2. The van der Waals surface area contributed by atoms with Gasteiger partial charge in [-0.15, -0.1) is 11.3 Å². The molecule has 0 aliphatic heterocycles. The highest BCUT2D eigenvalue weighted by Crippen LogP contribution is 2.24. The van der Waals surface area contributed by atoms with E-state index in [-0.39, 0.29) is 16.1 Å². The molecule has 0 spiro atoms. The second kappa shape index (κ2) is 7.33. The van der Waals surface area contributed by atoms with E-state index < -0.39 is 34.8 Å². The van der Waals surface area contributed by atoms with Gasteiger partial charge in [-0.1, -0.05) is 0 Å². The van der Waals surface area contributed by atoms with Gasteiger partial charge in [0.2, 0.25) is 0 Å². The first-order chi connectivity index (χ1) is 12.0. The minimum atomic E-state index is -1.08. The van der Waals surface area contributed by atoms with E-state index in [4.69, 9.17) is 0 Å². The number of benzene rings is 1. The third-order valence-corrected chi connectivity index (χ3v) is 4.31. The molecule has 26 heavy (non-hydrogen) atoms. The molecule has 2 N–H and O–H groups in total. The number of hydrogen-bond donors (Lipinski definition) is 2. The minimum Gasteiger partial charge on any atom is -0.345 e. The third-order valence-electron chi connectivity index (χ3n) is 3.26. The Morgan fingerprint density at radius 2 is 1.69 bits per heavy atom. The van der Waals surface area contributed by atoms with Crippen LogP contribution in [-0.4, -0.2) is 23.1 Å². The van der Waals surface area contributed by atoms with Crippen molar-refractivity contribution in [2.45, 2.75) is 33.2 Å². The van der Waals surface area contributed by atoms with Gasteiger partial charge in [0.15, 0.2) is 11.6 Å². The Kier molecular flexibility index (Phi) is 5.56. The van der Waals surface area contributed by atoms with Crippen molar-refractivity contribution in [3.05, 3.63) is 51.2 Å². The van der Waals surface area contributed by atoms with Gasteiger partial charge < -0.3 is 10.6 Å². The van der Waals surface area contributed by atoms with Gasteiger partial charge in [0, 0.05) is 22.2 Å². The van der Waals surface area contributed by atoms with Gasteiger partial charge in [-0.2, -0.15) is 0 Å². The van der Waals surface area contributed by atoms with Crippen molar-refractivity contribution < 1.29 is 23.2 Å². The van der Waals surface area contributed by atoms with Gasteiger partial charge in [0.25, 0.3) is 17.6 Å². The summed E-state index contributed by atoms with van der Waals surface area (Å²) >= 11 is 1.02. The molecule has 1 aromatic carbocycles. The summed E-state index contributed by atoms with van der Waals surface area (Å²) in [6.07, 6.45) is 0. The summed E-state index contributed by atoms with van der Waals surface area (Å²) in [5.41, 5.74) is -0.296. The van der Waals surface area contributed by atoms with E-state index in [1.54, 1.807) is 27.7 Å². The first-order valence-corrected chi connectivity index (χ1v) is 8.53. The summed E-state index contributed by atoms with van der Waals surface area (Å²) in [6, 6.07) is 4.30.